The van der Waals surface area contributed by atoms with E-state index in [4.69, 9.17) is 5.26 Å². The maximum Gasteiger partial charge on any atom is 0.239 e. The van der Waals surface area contributed by atoms with E-state index in [-0.39, 0.29) is 18.5 Å². The number of nitrogens with one attached hydrogen (secondary N) is 2. The summed E-state index contributed by atoms with van der Waals surface area (Å²) in [5.41, 5.74) is 2.30. The third-order valence-electron chi connectivity index (χ3n) is 2.18. The highest BCUT2D eigenvalue weighted by atomic mass is 16.1. The quantitative estimate of drug-likeness (QED) is 0.830. The van der Waals surface area contributed by atoms with Crippen LogP contribution in [-0.4, -0.2) is 18.5 Å². The Labute approximate surface area is 102 Å². The molecule has 0 aliphatic carbocycles. The lowest BCUT2D eigenvalue weighted by atomic mass is 10.1. The maximum atomic E-state index is 11.5. The van der Waals surface area contributed by atoms with Crippen molar-refractivity contribution in [3.8, 4) is 6.07 Å². The molecule has 1 aromatic rings. The van der Waals surface area contributed by atoms with Crippen molar-refractivity contribution in [1.82, 2.24) is 5.32 Å². The SMILES string of the molecule is Cc1ccc(C#N)c(NCC(=O)NC(C)C)c1. The number of carbonyl (C=O) groups is 1. The van der Waals surface area contributed by atoms with Gasteiger partial charge >= 0.3 is 0 Å². The average Bonchev–Trinajstić information content (AvgIpc) is 2.25. The van der Waals surface area contributed by atoms with Gasteiger partial charge in [0.2, 0.25) is 5.91 Å². The minimum Gasteiger partial charge on any atom is -0.375 e. The smallest absolute Gasteiger partial charge is 0.239 e. The van der Waals surface area contributed by atoms with Gasteiger partial charge in [-0.3, -0.25) is 4.79 Å². The van der Waals surface area contributed by atoms with Crippen LogP contribution in [0.15, 0.2) is 18.2 Å². The highest BCUT2D eigenvalue weighted by molar-refractivity contribution is 5.81. The van der Waals surface area contributed by atoms with Crippen molar-refractivity contribution in [3.63, 3.8) is 0 Å². The fourth-order valence-corrected chi connectivity index (χ4v) is 1.45. The van der Waals surface area contributed by atoms with Crippen LogP contribution in [0.2, 0.25) is 0 Å². The number of carbonyl (C=O) groups excluding carboxylic acids is 1. The Balaban J connectivity index is 2.66. The first-order valence-electron chi connectivity index (χ1n) is 5.57. The summed E-state index contributed by atoms with van der Waals surface area (Å²) in [5.74, 6) is -0.0783. The molecule has 1 rings (SSSR count). The zero-order valence-electron chi connectivity index (χ0n) is 10.4. The number of hydrogen-bond acceptors (Lipinski definition) is 3. The number of nitrogens with zero attached hydrogens (tertiary/aromatic N) is 1. The van der Waals surface area contributed by atoms with Crippen molar-refractivity contribution < 1.29 is 4.79 Å². The molecule has 0 saturated carbocycles. The van der Waals surface area contributed by atoms with E-state index in [0.717, 1.165) is 5.56 Å². The van der Waals surface area contributed by atoms with Crippen LogP contribution in [-0.2, 0) is 4.79 Å². The first kappa shape index (κ1) is 13.0. The Morgan fingerprint density at radius 1 is 1.47 bits per heavy atom. The second-order valence-corrected chi connectivity index (χ2v) is 4.24. The predicted molar refractivity (Wildman–Crippen MR) is 67.7 cm³/mol. The molecule has 4 heteroatoms. The zero-order chi connectivity index (χ0) is 12.8. The zero-order valence-corrected chi connectivity index (χ0v) is 10.4. The van der Waals surface area contributed by atoms with Crippen molar-refractivity contribution in [2.45, 2.75) is 26.8 Å². The summed E-state index contributed by atoms with van der Waals surface area (Å²) in [5, 5.41) is 14.7. The summed E-state index contributed by atoms with van der Waals surface area (Å²) in [6.45, 7) is 5.94. The molecule has 1 aromatic carbocycles. The van der Waals surface area contributed by atoms with Crippen LogP contribution in [0.3, 0.4) is 0 Å². The van der Waals surface area contributed by atoms with Crippen LogP contribution in [0.4, 0.5) is 5.69 Å². The van der Waals surface area contributed by atoms with Crippen LogP contribution >= 0.6 is 0 Å². The number of anilines is 1. The molecule has 0 aliphatic heterocycles. The molecule has 0 spiro atoms. The van der Waals surface area contributed by atoms with Crippen molar-refractivity contribution in [2.75, 3.05) is 11.9 Å². The molecule has 0 saturated heterocycles. The lowest BCUT2D eigenvalue weighted by Crippen LogP contribution is -2.34. The number of aryl methyl sites for hydroxylation is 1. The van der Waals surface area contributed by atoms with Gasteiger partial charge in [0.05, 0.1) is 17.8 Å². The van der Waals surface area contributed by atoms with Gasteiger partial charge in [0.1, 0.15) is 6.07 Å². The molecule has 0 heterocycles. The van der Waals surface area contributed by atoms with Crippen LogP contribution in [0.25, 0.3) is 0 Å². The molecule has 2 N–H and O–H groups in total. The van der Waals surface area contributed by atoms with Crippen LogP contribution in [0.5, 0.6) is 0 Å². The van der Waals surface area contributed by atoms with Gasteiger partial charge < -0.3 is 10.6 Å². The van der Waals surface area contributed by atoms with Gasteiger partial charge in [-0.1, -0.05) is 6.07 Å². The fraction of sp³-hybridized carbons (Fsp3) is 0.385. The third kappa shape index (κ3) is 4.15. The maximum absolute atomic E-state index is 11.5. The van der Waals surface area contributed by atoms with Crippen molar-refractivity contribution in [3.05, 3.63) is 29.3 Å². The molecule has 0 aliphatic rings. The van der Waals surface area contributed by atoms with Gasteiger partial charge in [-0.25, -0.2) is 0 Å². The summed E-state index contributed by atoms with van der Waals surface area (Å²) >= 11 is 0. The van der Waals surface area contributed by atoms with Crippen molar-refractivity contribution in [2.24, 2.45) is 0 Å². The van der Waals surface area contributed by atoms with E-state index >= 15 is 0 Å². The van der Waals surface area contributed by atoms with E-state index in [1.807, 2.05) is 32.9 Å². The molecule has 0 unspecified atom stereocenters. The lowest BCUT2D eigenvalue weighted by Gasteiger charge is -2.11. The molecule has 4 nitrogen and oxygen atoms in total. The lowest BCUT2D eigenvalue weighted by molar-refractivity contribution is -0.119. The van der Waals surface area contributed by atoms with Crippen LogP contribution in [0.1, 0.15) is 25.0 Å². The minimum atomic E-state index is -0.0783. The first-order chi connectivity index (χ1) is 8.02. The number of rotatable bonds is 4. The number of benzene rings is 1. The Hall–Kier alpha value is -2.02. The average molecular weight is 231 g/mol. The van der Waals surface area contributed by atoms with E-state index in [9.17, 15) is 4.79 Å². The summed E-state index contributed by atoms with van der Waals surface area (Å²) in [6.07, 6.45) is 0. The summed E-state index contributed by atoms with van der Waals surface area (Å²) < 4.78 is 0. The Morgan fingerprint density at radius 3 is 2.76 bits per heavy atom. The van der Waals surface area contributed by atoms with Gasteiger partial charge in [-0.15, -0.1) is 0 Å². The predicted octanol–water partition coefficient (Wildman–Crippen LogP) is 1.80. The Kier molecular flexibility index (Phi) is 4.53. The Bertz CT molecular complexity index is 446. The Morgan fingerprint density at radius 2 is 2.18 bits per heavy atom. The monoisotopic (exact) mass is 231 g/mol. The van der Waals surface area contributed by atoms with Crippen LogP contribution in [0, 0.1) is 18.3 Å². The highest BCUT2D eigenvalue weighted by Crippen LogP contribution is 2.15. The van der Waals surface area contributed by atoms with Crippen molar-refractivity contribution >= 4 is 11.6 Å². The molecule has 0 fully saturated rings. The van der Waals surface area contributed by atoms with E-state index in [0.29, 0.717) is 11.3 Å². The summed E-state index contributed by atoms with van der Waals surface area (Å²) in [4.78, 5) is 11.5. The van der Waals surface area contributed by atoms with E-state index < -0.39 is 0 Å². The van der Waals surface area contributed by atoms with Gasteiger partial charge in [-0.2, -0.15) is 5.26 Å². The van der Waals surface area contributed by atoms with E-state index in [2.05, 4.69) is 16.7 Å². The fourth-order valence-electron chi connectivity index (χ4n) is 1.45. The molecular formula is C13H17N3O. The van der Waals surface area contributed by atoms with Gasteiger partial charge in [0, 0.05) is 6.04 Å². The molecule has 1 amide bonds. The van der Waals surface area contributed by atoms with Gasteiger partial charge in [0.15, 0.2) is 0 Å². The highest BCUT2D eigenvalue weighted by Gasteiger charge is 2.05. The number of nitriles is 1. The second-order valence-electron chi connectivity index (χ2n) is 4.24. The van der Waals surface area contributed by atoms with Crippen molar-refractivity contribution in [1.29, 1.82) is 5.26 Å². The largest absolute Gasteiger partial charge is 0.375 e. The molecule has 0 aromatic heterocycles. The number of hydrogen-bond donors (Lipinski definition) is 2. The molecule has 17 heavy (non-hydrogen) atoms. The first-order valence-corrected chi connectivity index (χ1v) is 5.57. The summed E-state index contributed by atoms with van der Waals surface area (Å²) in [7, 11) is 0. The summed E-state index contributed by atoms with van der Waals surface area (Å²) in [6, 6.07) is 7.70. The topological polar surface area (TPSA) is 64.9 Å². The molecule has 0 atom stereocenters. The van der Waals surface area contributed by atoms with Crippen LogP contribution < -0.4 is 10.6 Å². The van der Waals surface area contributed by atoms with Gasteiger partial charge in [0.25, 0.3) is 0 Å². The minimum absolute atomic E-state index is 0.0783. The normalized spacial score (nSPS) is 9.82. The molecular weight excluding hydrogens is 214 g/mol. The third-order valence-corrected chi connectivity index (χ3v) is 2.18. The van der Waals surface area contributed by atoms with E-state index in [1.165, 1.54) is 0 Å². The number of amides is 1. The second kappa shape index (κ2) is 5.90. The van der Waals surface area contributed by atoms with E-state index in [1.54, 1.807) is 6.07 Å². The standard InChI is InChI=1S/C13H17N3O/c1-9(2)16-13(17)8-15-12-6-10(3)4-5-11(12)7-14/h4-6,9,15H,8H2,1-3H3,(H,16,17). The molecule has 0 bridgehead atoms. The molecule has 90 valence electrons. The van der Waals surface area contributed by atoms with Gasteiger partial charge in [-0.05, 0) is 38.5 Å². The molecule has 0 radical (unpaired) electrons.